The van der Waals surface area contributed by atoms with Gasteiger partial charge in [0.15, 0.2) is 0 Å². The Morgan fingerprint density at radius 3 is 2.45 bits per heavy atom. The summed E-state index contributed by atoms with van der Waals surface area (Å²) in [6, 6.07) is 4.69. The molecular weight excluding hydrogens is 275 g/mol. The van der Waals surface area contributed by atoms with Gasteiger partial charge in [0.2, 0.25) is 0 Å². The van der Waals surface area contributed by atoms with Crippen molar-refractivity contribution >= 4 is 11.7 Å². The Balaban J connectivity index is 2.24. The second kappa shape index (κ2) is 7.74. The molecule has 1 rings (SSSR count). The second-order valence-corrected chi connectivity index (χ2v) is 3.86. The number of hydrogen-bond acceptors (Lipinski definition) is 4. The molecule has 0 amide bonds. The molecule has 1 N–H and O–H groups in total. The third kappa shape index (κ3) is 5.92. The van der Waals surface area contributed by atoms with Crippen molar-refractivity contribution in [2.24, 2.45) is 0 Å². The van der Waals surface area contributed by atoms with E-state index < -0.39 is 17.7 Å². The summed E-state index contributed by atoms with van der Waals surface area (Å²) in [6.07, 6.45) is -4.33. The minimum atomic E-state index is -4.33. The summed E-state index contributed by atoms with van der Waals surface area (Å²) in [7, 11) is 0. The predicted octanol–water partition coefficient (Wildman–Crippen LogP) is 2.70. The fraction of sp³-hybridized carbons (Fsp3) is 0.462. The fourth-order valence-electron chi connectivity index (χ4n) is 1.40. The van der Waals surface area contributed by atoms with Crippen molar-refractivity contribution in [1.29, 1.82) is 0 Å². The lowest BCUT2D eigenvalue weighted by molar-refractivity contribution is -0.148. The lowest BCUT2D eigenvalue weighted by Gasteiger charge is -2.09. The highest BCUT2D eigenvalue weighted by atomic mass is 19.4. The van der Waals surface area contributed by atoms with E-state index >= 15 is 0 Å². The van der Waals surface area contributed by atoms with E-state index in [9.17, 15) is 18.0 Å². The van der Waals surface area contributed by atoms with Gasteiger partial charge in [-0.2, -0.15) is 13.2 Å². The lowest BCUT2D eigenvalue weighted by Crippen LogP contribution is -2.16. The van der Waals surface area contributed by atoms with Crippen LogP contribution >= 0.6 is 0 Å². The van der Waals surface area contributed by atoms with Crippen LogP contribution in [0.4, 0.5) is 18.9 Å². The van der Waals surface area contributed by atoms with Gasteiger partial charge >= 0.3 is 12.1 Å². The minimum absolute atomic E-state index is 0.136. The van der Waals surface area contributed by atoms with Gasteiger partial charge in [0.25, 0.3) is 0 Å². The average Bonchev–Trinajstić information content (AvgIpc) is 2.38. The first-order valence-corrected chi connectivity index (χ1v) is 6.08. The van der Waals surface area contributed by atoms with E-state index in [2.05, 4.69) is 10.1 Å². The SMILES string of the molecule is CCOC(=O)COCCNc1ccc(C(F)(F)F)cc1. The molecule has 0 aromatic heterocycles. The highest BCUT2D eigenvalue weighted by molar-refractivity contribution is 5.70. The molecule has 0 saturated carbocycles. The van der Waals surface area contributed by atoms with E-state index in [-0.39, 0.29) is 13.2 Å². The van der Waals surface area contributed by atoms with E-state index in [4.69, 9.17) is 4.74 Å². The van der Waals surface area contributed by atoms with Crippen LogP contribution in [0.5, 0.6) is 0 Å². The van der Waals surface area contributed by atoms with Crippen molar-refractivity contribution in [2.45, 2.75) is 13.1 Å². The van der Waals surface area contributed by atoms with Crippen LogP contribution in [0.15, 0.2) is 24.3 Å². The quantitative estimate of drug-likeness (QED) is 0.620. The van der Waals surface area contributed by atoms with Gasteiger partial charge in [-0.15, -0.1) is 0 Å². The summed E-state index contributed by atoms with van der Waals surface area (Å²) < 4.78 is 46.7. The maximum Gasteiger partial charge on any atom is 0.416 e. The summed E-state index contributed by atoms with van der Waals surface area (Å²) in [5.74, 6) is -0.443. The number of benzene rings is 1. The smallest absolute Gasteiger partial charge is 0.416 e. The summed E-state index contributed by atoms with van der Waals surface area (Å²) in [5, 5.41) is 2.88. The van der Waals surface area contributed by atoms with Gasteiger partial charge in [-0.25, -0.2) is 4.79 Å². The number of rotatable bonds is 7. The number of ether oxygens (including phenoxy) is 2. The zero-order chi connectivity index (χ0) is 15.0. The normalized spacial score (nSPS) is 11.2. The Morgan fingerprint density at radius 1 is 1.25 bits per heavy atom. The number of anilines is 1. The Labute approximate surface area is 114 Å². The van der Waals surface area contributed by atoms with Crippen LogP contribution in [0.25, 0.3) is 0 Å². The Kier molecular flexibility index (Phi) is 6.30. The molecule has 4 nitrogen and oxygen atoms in total. The number of halogens is 3. The molecule has 0 bridgehead atoms. The summed E-state index contributed by atoms with van der Waals surface area (Å²) in [4.78, 5) is 10.9. The number of carbonyl (C=O) groups excluding carboxylic acids is 1. The molecule has 7 heteroatoms. The molecule has 0 aliphatic carbocycles. The highest BCUT2D eigenvalue weighted by Gasteiger charge is 2.29. The van der Waals surface area contributed by atoms with Crippen molar-refractivity contribution in [3.63, 3.8) is 0 Å². The molecule has 0 radical (unpaired) electrons. The maximum absolute atomic E-state index is 12.3. The van der Waals surface area contributed by atoms with E-state index in [0.717, 1.165) is 12.1 Å². The fourth-order valence-corrected chi connectivity index (χ4v) is 1.40. The van der Waals surface area contributed by atoms with Crippen LogP contribution in [0.3, 0.4) is 0 Å². The molecule has 20 heavy (non-hydrogen) atoms. The summed E-state index contributed by atoms with van der Waals surface area (Å²) in [6.45, 7) is 2.49. The van der Waals surface area contributed by atoms with Crippen LogP contribution in [0.1, 0.15) is 12.5 Å². The Bertz CT molecular complexity index is 418. The van der Waals surface area contributed by atoms with Crippen LogP contribution in [0, 0.1) is 0 Å². The van der Waals surface area contributed by atoms with Gasteiger partial charge < -0.3 is 14.8 Å². The van der Waals surface area contributed by atoms with Crippen LogP contribution in [-0.4, -0.2) is 32.3 Å². The molecular formula is C13H16F3NO3. The van der Waals surface area contributed by atoms with E-state index in [1.54, 1.807) is 6.92 Å². The molecule has 0 unspecified atom stereocenters. The first-order chi connectivity index (χ1) is 9.43. The molecule has 0 heterocycles. The Hall–Kier alpha value is -1.76. The van der Waals surface area contributed by atoms with E-state index in [0.29, 0.717) is 18.8 Å². The lowest BCUT2D eigenvalue weighted by atomic mass is 10.2. The largest absolute Gasteiger partial charge is 0.464 e. The number of nitrogens with one attached hydrogen (secondary N) is 1. The maximum atomic E-state index is 12.3. The first-order valence-electron chi connectivity index (χ1n) is 6.08. The van der Waals surface area contributed by atoms with Gasteiger partial charge in [-0.1, -0.05) is 0 Å². The zero-order valence-corrected chi connectivity index (χ0v) is 11.0. The third-order valence-electron chi connectivity index (χ3n) is 2.31. The van der Waals surface area contributed by atoms with Crippen molar-refractivity contribution in [3.8, 4) is 0 Å². The van der Waals surface area contributed by atoms with Crippen molar-refractivity contribution in [3.05, 3.63) is 29.8 Å². The standard InChI is InChI=1S/C13H16F3NO3/c1-2-20-12(18)9-19-8-7-17-11-5-3-10(4-6-11)13(14,15)16/h3-6,17H,2,7-9H2,1H3. The zero-order valence-electron chi connectivity index (χ0n) is 11.0. The highest BCUT2D eigenvalue weighted by Crippen LogP contribution is 2.29. The summed E-state index contributed by atoms with van der Waals surface area (Å²) >= 11 is 0. The average molecular weight is 291 g/mol. The van der Waals surface area contributed by atoms with Crippen LogP contribution < -0.4 is 5.32 Å². The minimum Gasteiger partial charge on any atom is -0.464 e. The van der Waals surface area contributed by atoms with E-state index in [1.165, 1.54) is 12.1 Å². The topological polar surface area (TPSA) is 47.6 Å². The first kappa shape index (κ1) is 16.3. The molecule has 0 aliphatic heterocycles. The van der Waals surface area contributed by atoms with Gasteiger partial charge in [0, 0.05) is 12.2 Å². The number of esters is 1. The van der Waals surface area contributed by atoms with Crippen LogP contribution in [0.2, 0.25) is 0 Å². The molecule has 0 aliphatic rings. The van der Waals surface area contributed by atoms with Gasteiger partial charge in [0.05, 0.1) is 18.8 Å². The number of carbonyl (C=O) groups is 1. The van der Waals surface area contributed by atoms with Crippen molar-refractivity contribution in [2.75, 3.05) is 31.7 Å². The van der Waals surface area contributed by atoms with Gasteiger partial charge in [0.1, 0.15) is 6.61 Å². The van der Waals surface area contributed by atoms with E-state index in [1.807, 2.05) is 0 Å². The molecule has 0 spiro atoms. The molecule has 0 saturated heterocycles. The van der Waals surface area contributed by atoms with Crippen molar-refractivity contribution in [1.82, 2.24) is 0 Å². The molecule has 1 aromatic rings. The number of alkyl halides is 3. The van der Waals surface area contributed by atoms with Gasteiger partial charge in [-0.05, 0) is 31.2 Å². The summed E-state index contributed by atoms with van der Waals surface area (Å²) in [5.41, 5.74) is -0.139. The van der Waals surface area contributed by atoms with Crippen molar-refractivity contribution < 1.29 is 27.4 Å². The molecule has 0 atom stereocenters. The van der Waals surface area contributed by atoms with Gasteiger partial charge in [-0.3, -0.25) is 0 Å². The van der Waals surface area contributed by atoms with Crippen LogP contribution in [-0.2, 0) is 20.4 Å². The second-order valence-electron chi connectivity index (χ2n) is 3.86. The monoisotopic (exact) mass is 291 g/mol. The predicted molar refractivity (Wildman–Crippen MR) is 67.4 cm³/mol. The Morgan fingerprint density at radius 2 is 1.90 bits per heavy atom. The molecule has 112 valence electrons. The third-order valence-corrected chi connectivity index (χ3v) is 2.31. The number of hydrogen-bond donors (Lipinski definition) is 1. The molecule has 0 fully saturated rings. The molecule has 1 aromatic carbocycles.